The number of fused-ring (bicyclic) bond motifs is 8. The van der Waals surface area contributed by atoms with Crippen LogP contribution in [0.5, 0.6) is 0 Å². The van der Waals surface area contributed by atoms with E-state index in [0.717, 1.165) is 126 Å². The summed E-state index contributed by atoms with van der Waals surface area (Å²) in [5, 5.41) is 70.0. The van der Waals surface area contributed by atoms with Gasteiger partial charge in [-0.3, -0.25) is 45.2 Å². The molecular formula is C93H86Br6ClN18NaO19. The Labute approximate surface area is 863 Å². The Hall–Kier alpha value is -13.4. The predicted octanol–water partition coefficient (Wildman–Crippen LogP) is 19.1. The molecule has 0 radical (unpaired) electrons. The quantitative estimate of drug-likeness (QED) is 0.0178. The van der Waals surface area contributed by atoms with Gasteiger partial charge in [-0.15, -0.1) is 0 Å². The number of nitrogens with two attached hydrogens (primary N) is 4. The van der Waals surface area contributed by atoms with Crippen molar-refractivity contribution in [2.75, 3.05) is 74.2 Å². The smallest absolute Gasteiger partial charge is 0.857 e. The van der Waals surface area contributed by atoms with E-state index in [4.69, 9.17) is 69.2 Å². The summed E-state index contributed by atoms with van der Waals surface area (Å²) in [5.41, 5.74) is 34.7. The molecule has 1 aliphatic heterocycles. The van der Waals surface area contributed by atoms with Crippen molar-refractivity contribution >= 4 is 248 Å². The second-order valence-electron chi connectivity index (χ2n) is 27.2. The standard InChI is InChI=1S/C16H14BrN3O2.C14H8BrN3O.C13H10BrN3O3.C13H8BrN3O2.C13H10BrN3.C7H4BrNO4.C6H8N2.C4H8O.C3H5ClO2.C2H4O2.CH4O.CH3O.Na/c1-2-22-16(21)20-14-9-10(17)7-8-11(14)15-18-12-5-3-4-6-13(12)19-15;15-8-5-6-9-11(7-8)17-14(19)18-12-4-2-1-3-10(12)16-13(9)18;14-8-5-6-9(12(7-8)17(19)20)13(18)16-11-4-2-1-3-10(11)15;14-8-5-6-9(12(7-8)17(18)19)13-15-10-3-1-2-4-11(10)16-13;14-8-5-6-9(10(15)7-8)13-16-11-3-1-2-4-12(11)17-13;8-4-1-2-5(7(10)11)6(3-4)9(12)13;7-5-3-1-2-4-6(5)8;1-2-4-5-3-1;1-2-6-3(4)5;1-2(3)4;2*1-2;/h3-9H,2H2,1H3,(H,18,19)(H,20,21);1-7H,(H,17,19);1-7H,15H2,(H,16,18);1-7H,(H,15,16);1-7H,15H2,(H,16,17);1-3H,(H,10,11);1-4H,7-8H2;1-4H2;2H2,1H3;1H3,(H,3,4);2H,1H3;1H3;/q;;;;;;;;;;;-1;+1. The number of aromatic amines is 4. The summed E-state index contributed by atoms with van der Waals surface area (Å²) < 4.78 is 20.1. The monoisotopic (exact) mass is 2290 g/mol. The van der Waals surface area contributed by atoms with Crippen LogP contribution in [0.15, 0.2) is 286 Å². The first-order valence-corrected chi connectivity index (χ1v) is 45.2. The summed E-state index contributed by atoms with van der Waals surface area (Å²) in [6, 6.07) is 74.9. The Balaban J connectivity index is 0.000000241. The summed E-state index contributed by atoms with van der Waals surface area (Å²) in [5.74, 6) is -0.724. The van der Waals surface area contributed by atoms with Gasteiger partial charge < -0.3 is 82.8 Å². The number of amides is 2. The Bertz CT molecular complexity index is 7000. The number of hydrogen-bond donors (Lipinski definition) is 13. The number of carboxylic acid groups (broad SMARTS) is 2. The summed E-state index contributed by atoms with van der Waals surface area (Å²) >= 11 is 24.3. The fraction of sp³-hybridized carbons (Fsp3) is 0.118. The van der Waals surface area contributed by atoms with Gasteiger partial charge in [-0.2, -0.15) is 7.11 Å². The van der Waals surface area contributed by atoms with E-state index in [9.17, 15) is 54.3 Å². The number of halogens is 7. The number of aliphatic hydroxyl groups excluding tert-OH is 1. The zero-order chi connectivity index (χ0) is 101. The first-order chi connectivity index (χ1) is 65.6. The third-order valence-corrected chi connectivity index (χ3v) is 21.0. The van der Waals surface area contributed by atoms with E-state index < -0.39 is 49.8 Å². The number of H-pyrrole nitrogens is 4. The van der Waals surface area contributed by atoms with Gasteiger partial charge in [-0.05, 0) is 190 Å². The normalized spacial score (nSPS) is 10.5. The number of nitro benzene ring substituents is 3. The van der Waals surface area contributed by atoms with Gasteiger partial charge >= 0.3 is 52.7 Å². The molecule has 45 heteroatoms. The number of imidazole rings is 4. The molecule has 17 N–H and O–H groups in total. The van der Waals surface area contributed by atoms with Gasteiger partial charge in [0.1, 0.15) is 28.6 Å². The third kappa shape index (κ3) is 34.4. The van der Waals surface area contributed by atoms with Crippen LogP contribution < -0.4 is 73.9 Å². The van der Waals surface area contributed by atoms with Crippen LogP contribution in [0.25, 0.3) is 94.8 Å². The number of nitrogens with one attached hydrogen (secondary N) is 6. The Morgan fingerprint density at radius 2 is 0.848 bits per heavy atom. The van der Waals surface area contributed by atoms with E-state index in [0.29, 0.717) is 83.6 Å². The fourth-order valence-corrected chi connectivity index (χ4v) is 14.2. The van der Waals surface area contributed by atoms with Crippen molar-refractivity contribution in [3.05, 3.63) is 334 Å². The van der Waals surface area contributed by atoms with Crippen molar-refractivity contribution in [3.8, 4) is 34.2 Å². The summed E-state index contributed by atoms with van der Waals surface area (Å²) in [4.78, 5) is 126. The Morgan fingerprint density at radius 3 is 1.29 bits per heavy atom. The molecule has 37 nitrogen and oxygen atoms in total. The minimum Gasteiger partial charge on any atom is -0.857 e. The average Bonchev–Trinajstić information content (AvgIpc) is 1.59. The number of benzene rings is 12. The molecule has 1 aliphatic rings. The molecule has 6 heterocycles. The van der Waals surface area contributed by atoms with Crippen LogP contribution >= 0.6 is 107 Å². The number of nitrogens with zero attached hydrogens (tertiary/aromatic N) is 8. The molecule has 18 rings (SSSR count). The van der Waals surface area contributed by atoms with Crippen molar-refractivity contribution in [1.29, 1.82) is 0 Å². The van der Waals surface area contributed by atoms with Crippen molar-refractivity contribution in [1.82, 2.24) is 44.3 Å². The minimum atomic E-state index is -1.31. The number of ether oxygens (including phenoxy) is 3. The van der Waals surface area contributed by atoms with Crippen molar-refractivity contribution in [3.63, 3.8) is 0 Å². The Morgan fingerprint density at radius 1 is 0.457 bits per heavy atom. The SMILES string of the molecule is C1CCOC1.CC(=O)O.CCOC(=O)Cl.CCOC(=O)Nc1cc(Br)ccc1-c1nc2ccccc2[nH]1.CO.C[O-].Nc1cc(Br)ccc1-c1nc2ccccc2[nH]1.Nc1ccccc1N.Nc1ccccc1NC(=O)c1ccc(Br)cc1[N+](=O)[O-].O=C(O)c1ccc(Br)cc1[N+](=O)[O-].O=[N+]([O-])c1cc(Br)ccc1-c1nc2ccccc2[nH]1.O=c1[nH]c2cc(Br)ccc2c2nc3ccccc3n12.[Na+]. The van der Waals surface area contributed by atoms with E-state index in [2.05, 4.69) is 151 Å². The number of para-hydroxylation sites is 12. The van der Waals surface area contributed by atoms with E-state index >= 15 is 0 Å². The topological polar surface area (TPSA) is 591 Å². The van der Waals surface area contributed by atoms with Crippen LogP contribution in [-0.4, -0.2) is 144 Å². The minimum absolute atomic E-state index is 0. The number of aromatic nitrogens is 9. The predicted molar refractivity (Wildman–Crippen MR) is 551 cm³/mol. The van der Waals surface area contributed by atoms with Gasteiger partial charge in [0.25, 0.3) is 28.9 Å². The molecule has 12 aromatic carbocycles. The molecule has 0 spiro atoms. The number of aliphatic hydroxyl groups is 1. The Kier molecular flexibility index (Phi) is 47.3. The third-order valence-electron chi connectivity index (χ3n) is 17.9. The number of carbonyl (C=O) groups excluding carboxylic acids is 3. The van der Waals surface area contributed by atoms with Crippen LogP contribution in [0.2, 0.25) is 0 Å². The van der Waals surface area contributed by atoms with E-state index in [1.807, 2.05) is 164 Å². The van der Waals surface area contributed by atoms with Gasteiger partial charge in [-0.25, -0.2) is 43.5 Å². The number of nitro groups is 3. The van der Waals surface area contributed by atoms with Crippen LogP contribution in [0.1, 0.15) is 54.3 Å². The average molecular weight is 2300 g/mol. The number of nitrogen functional groups attached to an aromatic ring is 4. The molecule has 1 saturated heterocycles. The van der Waals surface area contributed by atoms with Gasteiger partial charge in [0.2, 0.25) is 0 Å². The van der Waals surface area contributed by atoms with Crippen molar-refractivity contribution in [2.45, 2.75) is 33.6 Å². The first kappa shape index (κ1) is 113. The molecule has 0 aliphatic carbocycles. The molecule has 1 fully saturated rings. The van der Waals surface area contributed by atoms with E-state index in [-0.39, 0.29) is 57.7 Å². The summed E-state index contributed by atoms with van der Waals surface area (Å²) in [6.07, 6.45) is 2.07. The molecule has 138 heavy (non-hydrogen) atoms. The van der Waals surface area contributed by atoms with Gasteiger partial charge in [0, 0.05) is 106 Å². The maximum atomic E-state index is 12.2. The van der Waals surface area contributed by atoms with E-state index in [1.54, 1.807) is 72.8 Å². The van der Waals surface area contributed by atoms with Crippen LogP contribution in [0, 0.1) is 30.3 Å². The molecular weight excluding hydrogens is 2210 g/mol. The van der Waals surface area contributed by atoms with Gasteiger partial charge in [-0.1, -0.05) is 168 Å². The molecule has 0 unspecified atom stereocenters. The number of carboxylic acids is 2. The number of aromatic carboxylic acids is 1. The zero-order valence-electron chi connectivity index (χ0n) is 73.9. The number of rotatable bonds is 12. The first-order valence-electron chi connectivity index (χ1n) is 40.1. The summed E-state index contributed by atoms with van der Waals surface area (Å²) in [6.45, 7) is 7.21. The molecule has 0 bridgehead atoms. The molecule has 17 aromatic rings. The molecule has 712 valence electrons. The zero-order valence-corrected chi connectivity index (χ0v) is 86.2. The van der Waals surface area contributed by atoms with E-state index in [1.165, 1.54) is 43.2 Å². The van der Waals surface area contributed by atoms with Crippen LogP contribution in [-0.2, 0) is 19.0 Å². The number of carbonyl (C=O) groups is 5. The molecule has 0 saturated carbocycles. The maximum Gasteiger partial charge on any atom is 1.00 e. The molecule has 5 aromatic heterocycles. The van der Waals surface area contributed by atoms with Gasteiger partial charge in [0.15, 0.2) is 5.65 Å². The second kappa shape index (κ2) is 57.6. The van der Waals surface area contributed by atoms with Crippen molar-refractivity contribution < 1.29 is 103 Å². The second-order valence-corrected chi connectivity index (χ2v) is 33.0. The number of hydrogen-bond acceptors (Lipinski definition) is 25. The van der Waals surface area contributed by atoms with Gasteiger partial charge in [0.05, 0.1) is 112 Å². The van der Waals surface area contributed by atoms with Crippen LogP contribution in [0.4, 0.5) is 60.8 Å². The summed E-state index contributed by atoms with van der Waals surface area (Å²) in [7, 11) is 1.75. The maximum absolute atomic E-state index is 12.2. The number of anilines is 6. The largest absolute Gasteiger partial charge is 1.00 e. The molecule has 2 amide bonds. The molecule has 0 atom stereocenters. The fourth-order valence-electron chi connectivity index (χ4n) is 12.0. The van der Waals surface area contributed by atoms with Crippen LogP contribution in [0.3, 0.4) is 0 Å². The number of aliphatic carboxylic acids is 1. The van der Waals surface area contributed by atoms with Crippen molar-refractivity contribution in [2.24, 2.45) is 0 Å².